The Morgan fingerprint density at radius 2 is 1.44 bits per heavy atom. The van der Waals surface area contributed by atoms with Gasteiger partial charge in [-0.2, -0.15) is 0 Å². The smallest absolute Gasteiger partial charge is 0.264 e. The van der Waals surface area contributed by atoms with Crippen LogP contribution in [0.5, 0.6) is 0 Å². The number of sulfonamides is 1. The summed E-state index contributed by atoms with van der Waals surface area (Å²) in [6, 6.07) is 22.0. The third-order valence-corrected chi connectivity index (χ3v) is 8.00. The molecule has 0 fully saturated rings. The molecule has 3 aromatic carbocycles. The number of para-hydroxylation sites is 1. The lowest BCUT2D eigenvalue weighted by Gasteiger charge is -2.33. The van der Waals surface area contributed by atoms with Crippen LogP contribution in [0.4, 0.5) is 5.69 Å². The van der Waals surface area contributed by atoms with Crippen LogP contribution in [0.2, 0.25) is 0 Å². The number of carbonyl (C=O) groups is 2. The zero-order valence-corrected chi connectivity index (χ0v) is 22.0. The summed E-state index contributed by atoms with van der Waals surface area (Å²) in [5, 5.41) is 2.64. The van der Waals surface area contributed by atoms with Gasteiger partial charge in [-0.1, -0.05) is 67.6 Å². The number of nitrogens with one attached hydrogen (secondary N) is 1. The van der Waals surface area contributed by atoms with Crippen molar-refractivity contribution in [3.05, 3.63) is 95.6 Å². The average Bonchev–Trinajstić information content (AvgIpc) is 2.88. The molecule has 0 bridgehead atoms. The van der Waals surface area contributed by atoms with E-state index in [1.165, 1.54) is 24.1 Å². The number of likely N-dealkylation sites (N-methyl/N-ethyl adjacent to an activating group) is 1. The summed E-state index contributed by atoms with van der Waals surface area (Å²) in [6.45, 7) is 5.32. The SMILES string of the molecule is CCC(C(=O)NC)N(Cc1ccccc1C)C(=O)CN(c1ccccc1C)S(=O)(=O)c1ccccc1. The number of nitrogens with zero attached hydrogens (tertiary/aromatic N) is 2. The van der Waals surface area contributed by atoms with E-state index >= 15 is 0 Å². The van der Waals surface area contributed by atoms with Gasteiger partial charge in [-0.3, -0.25) is 13.9 Å². The lowest BCUT2D eigenvalue weighted by molar-refractivity contribution is -0.140. The van der Waals surface area contributed by atoms with Crippen LogP contribution in [0.3, 0.4) is 0 Å². The molecule has 0 aliphatic carbocycles. The van der Waals surface area contributed by atoms with Crippen LogP contribution < -0.4 is 9.62 Å². The van der Waals surface area contributed by atoms with Gasteiger partial charge in [0.05, 0.1) is 10.6 Å². The van der Waals surface area contributed by atoms with E-state index in [4.69, 9.17) is 0 Å². The van der Waals surface area contributed by atoms with Crippen molar-refractivity contribution in [3.8, 4) is 0 Å². The zero-order valence-electron chi connectivity index (χ0n) is 21.1. The number of anilines is 1. The zero-order chi connectivity index (χ0) is 26.3. The van der Waals surface area contributed by atoms with Crippen molar-refractivity contribution in [2.45, 2.75) is 44.7 Å². The van der Waals surface area contributed by atoms with Crippen LogP contribution in [0.25, 0.3) is 0 Å². The Hall–Kier alpha value is -3.65. The molecule has 0 aromatic heterocycles. The third kappa shape index (κ3) is 5.94. The average molecular weight is 508 g/mol. The molecule has 0 spiro atoms. The molecule has 7 nitrogen and oxygen atoms in total. The maximum absolute atomic E-state index is 13.9. The standard InChI is InChI=1S/C28H33N3O4S/c1-5-25(28(33)29-4)30(19-23-15-11-9-13-21(23)2)27(32)20-31(26-18-12-10-14-22(26)3)36(34,35)24-16-7-6-8-17-24/h6-18,25H,5,19-20H2,1-4H3,(H,29,33). The number of amides is 2. The minimum absolute atomic E-state index is 0.0878. The number of aryl methyl sites for hydroxylation is 2. The van der Waals surface area contributed by atoms with Crippen LogP contribution in [-0.4, -0.2) is 44.8 Å². The lowest BCUT2D eigenvalue weighted by Crippen LogP contribution is -2.52. The van der Waals surface area contributed by atoms with Crippen molar-refractivity contribution in [2.75, 3.05) is 17.9 Å². The molecule has 36 heavy (non-hydrogen) atoms. The minimum atomic E-state index is -4.06. The molecule has 2 amide bonds. The number of hydrogen-bond donors (Lipinski definition) is 1. The molecule has 0 aliphatic heterocycles. The van der Waals surface area contributed by atoms with Crippen molar-refractivity contribution >= 4 is 27.5 Å². The molecule has 3 rings (SSSR count). The van der Waals surface area contributed by atoms with Gasteiger partial charge in [-0.15, -0.1) is 0 Å². The van der Waals surface area contributed by atoms with Crippen molar-refractivity contribution in [3.63, 3.8) is 0 Å². The van der Waals surface area contributed by atoms with E-state index in [2.05, 4.69) is 5.32 Å². The highest BCUT2D eigenvalue weighted by Crippen LogP contribution is 2.27. The summed E-state index contributed by atoms with van der Waals surface area (Å²) in [5.41, 5.74) is 3.00. The van der Waals surface area contributed by atoms with E-state index in [1.54, 1.807) is 43.3 Å². The van der Waals surface area contributed by atoms with E-state index in [-0.39, 0.29) is 17.3 Å². The Balaban J connectivity index is 2.08. The molecule has 1 N–H and O–H groups in total. The van der Waals surface area contributed by atoms with Crippen LogP contribution in [0, 0.1) is 13.8 Å². The second-order valence-electron chi connectivity index (χ2n) is 8.60. The fourth-order valence-corrected chi connectivity index (χ4v) is 5.63. The Labute approximate surface area is 213 Å². The van der Waals surface area contributed by atoms with Gasteiger partial charge in [0.25, 0.3) is 10.0 Å². The van der Waals surface area contributed by atoms with Crippen LogP contribution in [-0.2, 0) is 26.2 Å². The highest BCUT2D eigenvalue weighted by molar-refractivity contribution is 7.92. The third-order valence-electron chi connectivity index (χ3n) is 6.23. The van der Waals surface area contributed by atoms with Gasteiger partial charge in [0, 0.05) is 13.6 Å². The molecule has 0 heterocycles. The first-order chi connectivity index (χ1) is 17.2. The molecule has 0 saturated carbocycles. The van der Waals surface area contributed by atoms with Crippen molar-refractivity contribution in [1.29, 1.82) is 0 Å². The molecule has 0 saturated heterocycles. The summed E-state index contributed by atoms with van der Waals surface area (Å²) >= 11 is 0. The Bertz CT molecular complexity index is 1310. The molecular formula is C28H33N3O4S. The number of carbonyl (C=O) groups excluding carboxylic acids is 2. The molecular weight excluding hydrogens is 474 g/mol. The van der Waals surface area contributed by atoms with Gasteiger partial charge in [0.15, 0.2) is 0 Å². The Kier molecular flexibility index (Phi) is 8.88. The second-order valence-corrected chi connectivity index (χ2v) is 10.5. The quantitative estimate of drug-likeness (QED) is 0.449. The van der Waals surface area contributed by atoms with Gasteiger partial charge < -0.3 is 10.2 Å². The monoisotopic (exact) mass is 507 g/mol. The highest BCUT2D eigenvalue weighted by Gasteiger charge is 2.33. The summed E-state index contributed by atoms with van der Waals surface area (Å²) in [6.07, 6.45) is 0.382. The molecule has 190 valence electrons. The summed E-state index contributed by atoms with van der Waals surface area (Å²) < 4.78 is 28.7. The first-order valence-electron chi connectivity index (χ1n) is 11.9. The predicted octanol–water partition coefficient (Wildman–Crippen LogP) is 4.05. The summed E-state index contributed by atoms with van der Waals surface area (Å²) in [5.74, 6) is -0.760. The fraction of sp³-hybridized carbons (Fsp3) is 0.286. The van der Waals surface area contributed by atoms with E-state index < -0.39 is 28.5 Å². The number of benzene rings is 3. The molecule has 8 heteroatoms. The first-order valence-corrected chi connectivity index (χ1v) is 13.3. The van der Waals surface area contributed by atoms with Crippen LogP contribution >= 0.6 is 0 Å². The van der Waals surface area contributed by atoms with Gasteiger partial charge in [-0.25, -0.2) is 8.42 Å². The molecule has 0 radical (unpaired) electrons. The Morgan fingerprint density at radius 3 is 2.03 bits per heavy atom. The summed E-state index contributed by atoms with van der Waals surface area (Å²) in [4.78, 5) is 28.2. The van der Waals surface area contributed by atoms with E-state index in [1.807, 2.05) is 44.2 Å². The fourth-order valence-electron chi connectivity index (χ4n) is 4.13. The first kappa shape index (κ1) is 26.9. The van der Waals surface area contributed by atoms with Gasteiger partial charge in [-0.05, 0) is 55.2 Å². The van der Waals surface area contributed by atoms with Crippen molar-refractivity contribution in [2.24, 2.45) is 0 Å². The molecule has 1 atom stereocenters. The lowest BCUT2D eigenvalue weighted by atomic mass is 10.1. The van der Waals surface area contributed by atoms with E-state index in [0.29, 0.717) is 17.7 Å². The highest BCUT2D eigenvalue weighted by atomic mass is 32.2. The second kappa shape index (κ2) is 11.9. The topological polar surface area (TPSA) is 86.8 Å². The Morgan fingerprint density at radius 1 is 0.861 bits per heavy atom. The van der Waals surface area contributed by atoms with Gasteiger partial charge in [0.1, 0.15) is 12.6 Å². The maximum Gasteiger partial charge on any atom is 0.264 e. The van der Waals surface area contributed by atoms with Crippen molar-refractivity contribution < 1.29 is 18.0 Å². The number of hydrogen-bond acceptors (Lipinski definition) is 4. The predicted molar refractivity (Wildman–Crippen MR) is 142 cm³/mol. The van der Waals surface area contributed by atoms with Crippen molar-refractivity contribution in [1.82, 2.24) is 10.2 Å². The minimum Gasteiger partial charge on any atom is -0.357 e. The van der Waals surface area contributed by atoms with Crippen LogP contribution in [0.15, 0.2) is 83.8 Å². The van der Waals surface area contributed by atoms with Gasteiger partial charge in [0.2, 0.25) is 11.8 Å². The molecule has 3 aromatic rings. The molecule has 0 aliphatic rings. The van der Waals surface area contributed by atoms with E-state index in [9.17, 15) is 18.0 Å². The van der Waals surface area contributed by atoms with Crippen LogP contribution in [0.1, 0.15) is 30.0 Å². The number of rotatable bonds is 10. The normalized spacial score (nSPS) is 12.0. The summed E-state index contributed by atoms with van der Waals surface area (Å²) in [7, 11) is -2.53. The maximum atomic E-state index is 13.9. The van der Waals surface area contributed by atoms with Gasteiger partial charge >= 0.3 is 0 Å². The molecule has 1 unspecified atom stereocenters. The van der Waals surface area contributed by atoms with E-state index in [0.717, 1.165) is 15.4 Å². The largest absolute Gasteiger partial charge is 0.357 e.